The lowest BCUT2D eigenvalue weighted by Crippen LogP contribution is -2.48. The number of carbonyl (C=O) groups excluding carboxylic acids is 2. The summed E-state index contributed by atoms with van der Waals surface area (Å²) in [6.07, 6.45) is 5.04. The molecule has 8 heteroatoms. The van der Waals surface area contributed by atoms with E-state index < -0.39 is 5.60 Å². The lowest BCUT2D eigenvalue weighted by Gasteiger charge is -2.44. The number of hydrogen-bond donors (Lipinski definition) is 1. The monoisotopic (exact) mass is 493 g/mol. The summed E-state index contributed by atoms with van der Waals surface area (Å²) >= 11 is 0. The van der Waals surface area contributed by atoms with Gasteiger partial charge in [-0.3, -0.25) is 9.78 Å². The van der Waals surface area contributed by atoms with Crippen LogP contribution in [0.1, 0.15) is 83.2 Å². The SMILES string of the molecule is CC(=O)N1c2ccc(C3CCN(C(=O)OC(C)(C)C)CC3)cc2[C@H](Nc2cnc(C)cn2)[C@@H](C)[C@@H]1C. The highest BCUT2D eigenvalue weighted by molar-refractivity contribution is 5.94. The van der Waals surface area contributed by atoms with Crippen molar-refractivity contribution in [2.24, 2.45) is 5.92 Å². The molecule has 2 aromatic rings. The fourth-order valence-electron chi connectivity index (χ4n) is 5.33. The molecule has 1 aromatic heterocycles. The summed E-state index contributed by atoms with van der Waals surface area (Å²) in [6, 6.07) is 6.51. The van der Waals surface area contributed by atoms with Gasteiger partial charge in [0, 0.05) is 37.7 Å². The standard InChI is InChI=1S/C28H39N5O3/c1-17-15-30-25(16-29-17)31-26-18(2)19(3)33(20(4)34)24-9-8-22(14-23(24)26)21-10-12-32(13-11-21)27(35)36-28(5,6)7/h8-9,14-16,18-19,21,26H,10-13H2,1-7H3,(H,30,31)/t18-,19-,26+/m0/s1. The van der Waals surface area contributed by atoms with Crippen molar-refractivity contribution >= 4 is 23.5 Å². The van der Waals surface area contributed by atoms with E-state index in [9.17, 15) is 9.59 Å². The average molecular weight is 494 g/mol. The Hall–Kier alpha value is -3.16. The Kier molecular flexibility index (Phi) is 7.25. The van der Waals surface area contributed by atoms with Crippen LogP contribution >= 0.6 is 0 Å². The summed E-state index contributed by atoms with van der Waals surface area (Å²) in [7, 11) is 0. The molecule has 2 aliphatic heterocycles. The number of piperidine rings is 1. The summed E-state index contributed by atoms with van der Waals surface area (Å²) in [6.45, 7) is 14.8. The molecular weight excluding hydrogens is 454 g/mol. The molecule has 2 aliphatic rings. The van der Waals surface area contributed by atoms with E-state index in [2.05, 4.69) is 47.3 Å². The van der Waals surface area contributed by atoms with E-state index in [1.807, 2.05) is 37.5 Å². The normalized spacial score (nSPS) is 22.7. The number of nitrogens with zero attached hydrogens (tertiary/aromatic N) is 4. The van der Waals surface area contributed by atoms with Gasteiger partial charge >= 0.3 is 6.09 Å². The van der Waals surface area contributed by atoms with Crippen LogP contribution in [-0.2, 0) is 9.53 Å². The fourth-order valence-corrected chi connectivity index (χ4v) is 5.33. The Morgan fingerprint density at radius 1 is 1.08 bits per heavy atom. The first-order valence-electron chi connectivity index (χ1n) is 12.9. The van der Waals surface area contributed by atoms with Gasteiger partial charge in [-0.1, -0.05) is 19.1 Å². The maximum absolute atomic E-state index is 12.6. The van der Waals surface area contributed by atoms with Crippen molar-refractivity contribution < 1.29 is 14.3 Å². The number of rotatable bonds is 3. The highest BCUT2D eigenvalue weighted by atomic mass is 16.6. The fraction of sp³-hybridized carbons (Fsp3) is 0.571. The van der Waals surface area contributed by atoms with Gasteiger partial charge in [0.05, 0.1) is 24.1 Å². The molecule has 194 valence electrons. The molecule has 0 spiro atoms. The molecule has 8 nitrogen and oxygen atoms in total. The lowest BCUT2D eigenvalue weighted by molar-refractivity contribution is -0.117. The molecule has 0 radical (unpaired) electrons. The van der Waals surface area contributed by atoms with E-state index in [1.54, 1.807) is 19.3 Å². The van der Waals surface area contributed by atoms with Crippen LogP contribution in [0.4, 0.5) is 16.3 Å². The number of aromatic nitrogens is 2. The maximum atomic E-state index is 12.6. The molecule has 2 amide bonds. The van der Waals surface area contributed by atoms with Gasteiger partial charge in [-0.2, -0.15) is 0 Å². The summed E-state index contributed by atoms with van der Waals surface area (Å²) in [5.41, 5.74) is 3.66. The van der Waals surface area contributed by atoms with Crippen LogP contribution in [0.3, 0.4) is 0 Å². The summed E-state index contributed by atoms with van der Waals surface area (Å²) in [5, 5.41) is 3.60. The minimum atomic E-state index is -0.493. The molecule has 0 unspecified atom stereocenters. The topological polar surface area (TPSA) is 87.7 Å². The van der Waals surface area contributed by atoms with Crippen molar-refractivity contribution in [2.45, 2.75) is 84.9 Å². The van der Waals surface area contributed by atoms with Crippen molar-refractivity contribution in [2.75, 3.05) is 23.3 Å². The number of carbonyl (C=O) groups is 2. The first-order valence-corrected chi connectivity index (χ1v) is 12.9. The predicted octanol–water partition coefficient (Wildman–Crippen LogP) is 5.44. The minimum absolute atomic E-state index is 0.00981. The summed E-state index contributed by atoms with van der Waals surface area (Å²) in [4.78, 5) is 37.8. The minimum Gasteiger partial charge on any atom is -0.444 e. The van der Waals surface area contributed by atoms with Crippen LogP contribution in [0.5, 0.6) is 0 Å². The second-order valence-corrected chi connectivity index (χ2v) is 11.2. The van der Waals surface area contributed by atoms with Gasteiger partial charge in [-0.05, 0) is 70.6 Å². The average Bonchev–Trinajstić information content (AvgIpc) is 2.82. The number of fused-ring (bicyclic) bond motifs is 1. The van der Waals surface area contributed by atoms with E-state index in [1.165, 1.54) is 5.56 Å². The van der Waals surface area contributed by atoms with Crippen molar-refractivity contribution in [1.82, 2.24) is 14.9 Å². The Bertz CT molecular complexity index is 1100. The van der Waals surface area contributed by atoms with Gasteiger partial charge in [-0.15, -0.1) is 0 Å². The number of ether oxygens (including phenoxy) is 1. The molecule has 4 rings (SSSR count). The maximum Gasteiger partial charge on any atom is 0.410 e. The van der Waals surface area contributed by atoms with Crippen LogP contribution in [0.15, 0.2) is 30.6 Å². The molecule has 3 atom stereocenters. The third-order valence-electron chi connectivity index (χ3n) is 7.38. The van der Waals surface area contributed by atoms with Crippen LogP contribution in [0.2, 0.25) is 0 Å². The Morgan fingerprint density at radius 2 is 1.78 bits per heavy atom. The number of hydrogen-bond acceptors (Lipinski definition) is 6. The van der Waals surface area contributed by atoms with Gasteiger partial charge in [0.25, 0.3) is 0 Å². The van der Waals surface area contributed by atoms with Crippen LogP contribution in [0.25, 0.3) is 0 Å². The second-order valence-electron chi connectivity index (χ2n) is 11.2. The number of anilines is 2. The van der Waals surface area contributed by atoms with E-state index in [0.717, 1.165) is 35.6 Å². The lowest BCUT2D eigenvalue weighted by atomic mass is 9.80. The zero-order valence-corrected chi connectivity index (χ0v) is 22.5. The highest BCUT2D eigenvalue weighted by Crippen LogP contribution is 2.44. The van der Waals surface area contributed by atoms with Gasteiger partial charge in [0.1, 0.15) is 11.4 Å². The molecule has 1 N–H and O–H groups in total. The number of aryl methyl sites for hydroxylation is 1. The zero-order chi connectivity index (χ0) is 26.2. The van der Waals surface area contributed by atoms with Gasteiger partial charge in [0.2, 0.25) is 5.91 Å². The summed E-state index contributed by atoms with van der Waals surface area (Å²) in [5.74, 6) is 1.27. The molecule has 1 saturated heterocycles. The van der Waals surface area contributed by atoms with Crippen molar-refractivity contribution in [1.29, 1.82) is 0 Å². The first kappa shape index (κ1) is 25.9. The summed E-state index contributed by atoms with van der Waals surface area (Å²) < 4.78 is 5.56. The van der Waals surface area contributed by atoms with Crippen molar-refractivity contribution in [3.05, 3.63) is 47.4 Å². The van der Waals surface area contributed by atoms with E-state index >= 15 is 0 Å². The van der Waals surface area contributed by atoms with Gasteiger partial charge < -0.3 is 19.9 Å². The predicted molar refractivity (Wildman–Crippen MR) is 141 cm³/mol. The number of amides is 2. The molecule has 0 bridgehead atoms. The molecule has 1 aromatic carbocycles. The number of nitrogens with one attached hydrogen (secondary N) is 1. The van der Waals surface area contributed by atoms with Crippen LogP contribution < -0.4 is 10.2 Å². The molecular formula is C28H39N5O3. The quantitative estimate of drug-likeness (QED) is 0.612. The van der Waals surface area contributed by atoms with Gasteiger partial charge in [0.15, 0.2) is 0 Å². The Labute approximate surface area is 214 Å². The zero-order valence-electron chi connectivity index (χ0n) is 22.5. The second kappa shape index (κ2) is 10.1. The van der Waals surface area contributed by atoms with E-state index in [-0.39, 0.29) is 30.0 Å². The molecule has 1 fully saturated rings. The molecule has 0 aliphatic carbocycles. The highest BCUT2D eigenvalue weighted by Gasteiger charge is 2.39. The Balaban J connectivity index is 1.60. The van der Waals surface area contributed by atoms with Crippen LogP contribution in [-0.4, -0.2) is 51.6 Å². The van der Waals surface area contributed by atoms with Crippen molar-refractivity contribution in [3.63, 3.8) is 0 Å². The van der Waals surface area contributed by atoms with E-state index in [4.69, 9.17) is 4.74 Å². The number of benzene rings is 1. The Morgan fingerprint density at radius 3 is 2.36 bits per heavy atom. The van der Waals surface area contributed by atoms with E-state index in [0.29, 0.717) is 19.0 Å². The molecule has 3 heterocycles. The van der Waals surface area contributed by atoms with Crippen LogP contribution in [0, 0.1) is 12.8 Å². The van der Waals surface area contributed by atoms with Crippen molar-refractivity contribution in [3.8, 4) is 0 Å². The third kappa shape index (κ3) is 5.47. The number of likely N-dealkylation sites (tertiary alicyclic amines) is 1. The van der Waals surface area contributed by atoms with Gasteiger partial charge in [-0.25, -0.2) is 9.78 Å². The smallest absolute Gasteiger partial charge is 0.410 e. The third-order valence-corrected chi connectivity index (χ3v) is 7.38. The molecule has 36 heavy (non-hydrogen) atoms. The first-order chi connectivity index (χ1) is 16.9. The molecule has 0 saturated carbocycles. The largest absolute Gasteiger partial charge is 0.444 e.